The first-order valence-electron chi connectivity index (χ1n) is 6.78. The normalized spacial score (nSPS) is 12.5. The SMILES string of the molecule is CCOP(=O)(C/N=C/C/C=C/c1ccccc1)OCC. The van der Waals surface area contributed by atoms with E-state index in [0.29, 0.717) is 19.6 Å². The molecule has 0 unspecified atom stereocenters. The monoisotopic (exact) mass is 295 g/mol. The lowest BCUT2D eigenvalue weighted by molar-refractivity contribution is 0.221. The molecule has 1 aromatic carbocycles. The first kappa shape index (κ1) is 16.8. The van der Waals surface area contributed by atoms with Gasteiger partial charge in [0.1, 0.15) is 6.29 Å². The van der Waals surface area contributed by atoms with Crippen LogP contribution in [0.25, 0.3) is 6.08 Å². The highest BCUT2D eigenvalue weighted by atomic mass is 31.2. The van der Waals surface area contributed by atoms with Gasteiger partial charge in [0.25, 0.3) is 0 Å². The van der Waals surface area contributed by atoms with Crippen LogP contribution in [0.4, 0.5) is 0 Å². The minimum absolute atomic E-state index is 0.0772. The maximum absolute atomic E-state index is 12.1. The predicted octanol–water partition coefficient (Wildman–Crippen LogP) is 4.38. The molecule has 0 saturated carbocycles. The van der Waals surface area contributed by atoms with Gasteiger partial charge in [-0.25, -0.2) is 0 Å². The minimum Gasteiger partial charge on any atom is -0.308 e. The van der Waals surface area contributed by atoms with Crippen molar-refractivity contribution < 1.29 is 13.6 Å². The van der Waals surface area contributed by atoms with Crippen molar-refractivity contribution >= 4 is 19.9 Å². The summed E-state index contributed by atoms with van der Waals surface area (Å²) in [6.45, 7) is 4.30. The zero-order valence-electron chi connectivity index (χ0n) is 12.1. The van der Waals surface area contributed by atoms with E-state index in [9.17, 15) is 4.57 Å². The number of allylic oxidation sites excluding steroid dienone is 1. The average molecular weight is 295 g/mol. The molecule has 0 saturated heterocycles. The van der Waals surface area contributed by atoms with E-state index in [1.807, 2.05) is 42.5 Å². The molecular weight excluding hydrogens is 273 g/mol. The summed E-state index contributed by atoms with van der Waals surface area (Å²) in [7, 11) is -3.05. The van der Waals surface area contributed by atoms with E-state index >= 15 is 0 Å². The average Bonchev–Trinajstić information content (AvgIpc) is 2.44. The van der Waals surface area contributed by atoms with Gasteiger partial charge in [0.05, 0.1) is 13.2 Å². The minimum atomic E-state index is -3.05. The summed E-state index contributed by atoms with van der Waals surface area (Å²) >= 11 is 0. The molecule has 5 heteroatoms. The van der Waals surface area contributed by atoms with E-state index < -0.39 is 7.60 Å². The fourth-order valence-corrected chi connectivity index (χ4v) is 2.91. The van der Waals surface area contributed by atoms with Crippen LogP contribution < -0.4 is 0 Å². The summed E-state index contributed by atoms with van der Waals surface area (Å²) in [6.07, 6.45) is 6.52. The third-order valence-corrected chi connectivity index (χ3v) is 4.20. The van der Waals surface area contributed by atoms with E-state index in [1.54, 1.807) is 20.1 Å². The Morgan fingerprint density at radius 1 is 1.15 bits per heavy atom. The molecule has 20 heavy (non-hydrogen) atoms. The van der Waals surface area contributed by atoms with E-state index in [0.717, 1.165) is 5.56 Å². The third-order valence-electron chi connectivity index (χ3n) is 2.39. The zero-order chi connectivity index (χ0) is 14.7. The molecule has 0 spiro atoms. The molecule has 1 rings (SSSR count). The Labute approximate surface area is 121 Å². The van der Waals surface area contributed by atoms with Crippen molar-refractivity contribution in [3.8, 4) is 0 Å². The molecule has 0 heterocycles. The lowest BCUT2D eigenvalue weighted by Gasteiger charge is -2.14. The summed E-state index contributed by atoms with van der Waals surface area (Å²) in [4.78, 5) is 4.12. The number of rotatable bonds is 9. The van der Waals surface area contributed by atoms with Gasteiger partial charge in [0.15, 0.2) is 0 Å². The number of benzene rings is 1. The van der Waals surface area contributed by atoms with Gasteiger partial charge in [-0.3, -0.25) is 9.56 Å². The van der Waals surface area contributed by atoms with Crippen LogP contribution in [0.1, 0.15) is 25.8 Å². The van der Waals surface area contributed by atoms with Crippen molar-refractivity contribution in [2.75, 3.05) is 19.5 Å². The largest absolute Gasteiger partial charge is 0.351 e. The molecule has 0 amide bonds. The lowest BCUT2D eigenvalue weighted by atomic mass is 10.2. The van der Waals surface area contributed by atoms with Crippen LogP contribution in [0, 0.1) is 0 Å². The Kier molecular flexibility index (Phi) is 8.12. The number of nitrogens with zero attached hydrogens (tertiary/aromatic N) is 1. The Balaban J connectivity index is 2.37. The van der Waals surface area contributed by atoms with Gasteiger partial charge < -0.3 is 9.05 Å². The summed E-state index contributed by atoms with van der Waals surface area (Å²) < 4.78 is 22.4. The highest BCUT2D eigenvalue weighted by molar-refractivity contribution is 7.53. The Hall–Kier alpha value is -1.22. The standard InChI is InChI=1S/C15H22NO3P/c1-3-18-20(17,19-4-2)14-16-13-9-8-12-15-10-6-5-7-11-15/h5-8,10-13H,3-4,9,14H2,1-2H3/b12-8+,16-13+. The second kappa shape index (κ2) is 9.65. The first-order chi connectivity index (χ1) is 9.70. The van der Waals surface area contributed by atoms with Crippen molar-refractivity contribution in [3.63, 3.8) is 0 Å². The Bertz CT molecular complexity index is 461. The quantitative estimate of drug-likeness (QED) is 0.501. The molecule has 0 aliphatic carbocycles. The number of hydrogen-bond acceptors (Lipinski definition) is 4. The molecule has 0 aromatic heterocycles. The van der Waals surface area contributed by atoms with E-state index in [4.69, 9.17) is 9.05 Å². The molecule has 0 atom stereocenters. The van der Waals surface area contributed by atoms with Gasteiger partial charge in [-0.2, -0.15) is 0 Å². The molecule has 0 bridgehead atoms. The van der Waals surface area contributed by atoms with E-state index in [-0.39, 0.29) is 6.29 Å². The van der Waals surface area contributed by atoms with Crippen LogP contribution in [0.5, 0.6) is 0 Å². The third kappa shape index (κ3) is 6.80. The van der Waals surface area contributed by atoms with Crippen molar-refractivity contribution in [3.05, 3.63) is 42.0 Å². The maximum Gasteiger partial charge on any atom is 0.351 e. The highest BCUT2D eigenvalue weighted by Crippen LogP contribution is 2.47. The van der Waals surface area contributed by atoms with Gasteiger partial charge in [-0.05, 0) is 19.4 Å². The number of aliphatic imine (C=N–C) groups is 1. The first-order valence-corrected chi connectivity index (χ1v) is 8.51. The predicted molar refractivity (Wildman–Crippen MR) is 84.3 cm³/mol. The Morgan fingerprint density at radius 3 is 2.40 bits per heavy atom. The van der Waals surface area contributed by atoms with Gasteiger partial charge in [0, 0.05) is 12.6 Å². The molecule has 1 aromatic rings. The van der Waals surface area contributed by atoms with Gasteiger partial charge in [0.2, 0.25) is 0 Å². The van der Waals surface area contributed by atoms with Gasteiger partial charge in [-0.15, -0.1) is 0 Å². The molecule has 0 fully saturated rings. The van der Waals surface area contributed by atoms with Crippen molar-refractivity contribution in [1.29, 1.82) is 0 Å². The summed E-state index contributed by atoms with van der Waals surface area (Å²) in [6, 6.07) is 10.0. The topological polar surface area (TPSA) is 47.9 Å². The second-order valence-corrected chi connectivity index (χ2v) is 6.02. The smallest absolute Gasteiger partial charge is 0.308 e. The zero-order valence-corrected chi connectivity index (χ0v) is 13.0. The molecular formula is C15H22NO3P. The van der Waals surface area contributed by atoms with Crippen molar-refractivity contribution in [2.45, 2.75) is 20.3 Å². The molecule has 110 valence electrons. The number of hydrogen-bond donors (Lipinski definition) is 0. The van der Waals surface area contributed by atoms with Crippen molar-refractivity contribution in [2.24, 2.45) is 4.99 Å². The van der Waals surface area contributed by atoms with Crippen LogP contribution in [-0.4, -0.2) is 25.7 Å². The molecule has 4 nitrogen and oxygen atoms in total. The lowest BCUT2D eigenvalue weighted by Crippen LogP contribution is -1.98. The molecule has 0 aliphatic heterocycles. The Morgan fingerprint density at radius 2 is 1.80 bits per heavy atom. The molecule has 0 aliphatic rings. The van der Waals surface area contributed by atoms with E-state index in [2.05, 4.69) is 4.99 Å². The van der Waals surface area contributed by atoms with Crippen LogP contribution in [0.2, 0.25) is 0 Å². The fraction of sp³-hybridized carbons (Fsp3) is 0.400. The molecule has 0 radical (unpaired) electrons. The van der Waals surface area contributed by atoms with Crippen LogP contribution in [0.15, 0.2) is 41.4 Å². The summed E-state index contributed by atoms with van der Waals surface area (Å²) in [5.74, 6) is 0. The van der Waals surface area contributed by atoms with Crippen LogP contribution in [-0.2, 0) is 13.6 Å². The second-order valence-electron chi connectivity index (χ2n) is 4.00. The van der Waals surface area contributed by atoms with Gasteiger partial charge >= 0.3 is 7.60 Å². The maximum atomic E-state index is 12.1. The highest BCUT2D eigenvalue weighted by Gasteiger charge is 2.21. The summed E-state index contributed by atoms with van der Waals surface area (Å²) in [5, 5.41) is 0. The fourth-order valence-electron chi connectivity index (χ4n) is 1.57. The van der Waals surface area contributed by atoms with Crippen LogP contribution >= 0.6 is 7.60 Å². The van der Waals surface area contributed by atoms with Crippen LogP contribution in [0.3, 0.4) is 0 Å². The summed E-state index contributed by atoms with van der Waals surface area (Å²) in [5.41, 5.74) is 1.15. The van der Waals surface area contributed by atoms with Gasteiger partial charge in [-0.1, -0.05) is 42.5 Å². The molecule has 0 N–H and O–H groups in total. The van der Waals surface area contributed by atoms with Crippen molar-refractivity contribution in [1.82, 2.24) is 0 Å². The van der Waals surface area contributed by atoms with E-state index in [1.165, 1.54) is 0 Å².